The first-order valence-electron chi connectivity index (χ1n) is 6.53. The van der Waals surface area contributed by atoms with Gasteiger partial charge in [0.25, 0.3) is 0 Å². The second-order valence-corrected chi connectivity index (χ2v) is 6.35. The Kier molecular flexibility index (Phi) is 4.42. The predicted octanol–water partition coefficient (Wildman–Crippen LogP) is 4.29. The lowest BCUT2D eigenvalue weighted by molar-refractivity contribution is 0.307. The van der Waals surface area contributed by atoms with Gasteiger partial charge in [0.2, 0.25) is 0 Å². The molecule has 1 heterocycles. The van der Waals surface area contributed by atoms with E-state index in [1.54, 1.807) is 0 Å². The third kappa shape index (κ3) is 3.08. The van der Waals surface area contributed by atoms with Crippen LogP contribution in [-0.4, -0.2) is 7.05 Å². The Morgan fingerprint density at radius 3 is 2.62 bits per heavy atom. The smallest absolute Gasteiger partial charge is 0.0415 e. The van der Waals surface area contributed by atoms with E-state index >= 15 is 0 Å². The van der Waals surface area contributed by atoms with Gasteiger partial charge in [0, 0.05) is 15.8 Å². The van der Waals surface area contributed by atoms with Crippen LogP contribution in [0.3, 0.4) is 0 Å². The van der Waals surface area contributed by atoms with Gasteiger partial charge in [-0.15, -0.1) is 11.3 Å². The highest BCUT2D eigenvalue weighted by Crippen LogP contribution is 2.33. The summed E-state index contributed by atoms with van der Waals surface area (Å²) in [6.45, 7) is 2.20. The Hall–Kier alpha value is -0.340. The molecule has 1 fully saturated rings. The lowest BCUT2D eigenvalue weighted by Crippen LogP contribution is -2.20. The molecule has 1 N–H and O–H groups in total. The standard InChI is InChI=1S/C14H23NS/c1-11-8-9-14(16-11)13(15-2)10-12-6-4-3-5-7-12/h8-9,12-13,15H,3-7,10H2,1-2H3. The van der Waals surface area contributed by atoms with Crippen LogP contribution < -0.4 is 5.32 Å². The summed E-state index contributed by atoms with van der Waals surface area (Å²) in [6.07, 6.45) is 8.58. The van der Waals surface area contributed by atoms with E-state index in [1.807, 2.05) is 11.3 Å². The summed E-state index contributed by atoms with van der Waals surface area (Å²) in [6, 6.07) is 5.12. The van der Waals surface area contributed by atoms with Crippen molar-refractivity contribution in [3.63, 3.8) is 0 Å². The van der Waals surface area contributed by atoms with Crippen molar-refractivity contribution < 1.29 is 0 Å². The highest BCUT2D eigenvalue weighted by Gasteiger charge is 2.19. The normalized spacial score (nSPS) is 19.9. The molecule has 90 valence electrons. The zero-order valence-corrected chi connectivity index (χ0v) is 11.3. The molecule has 1 saturated carbocycles. The second-order valence-electron chi connectivity index (χ2n) is 5.03. The molecular formula is C14H23NS. The highest BCUT2D eigenvalue weighted by molar-refractivity contribution is 7.12. The van der Waals surface area contributed by atoms with Crippen LogP contribution in [-0.2, 0) is 0 Å². The largest absolute Gasteiger partial charge is 0.312 e. The summed E-state index contributed by atoms with van der Waals surface area (Å²) in [5.74, 6) is 0.952. The van der Waals surface area contributed by atoms with Crippen molar-refractivity contribution in [2.45, 2.75) is 51.5 Å². The molecule has 1 aliphatic carbocycles. The summed E-state index contributed by atoms with van der Waals surface area (Å²) in [5.41, 5.74) is 0. The van der Waals surface area contributed by atoms with Gasteiger partial charge < -0.3 is 5.32 Å². The first-order chi connectivity index (χ1) is 7.79. The van der Waals surface area contributed by atoms with E-state index in [-0.39, 0.29) is 0 Å². The lowest BCUT2D eigenvalue weighted by Gasteiger charge is -2.25. The van der Waals surface area contributed by atoms with Crippen LogP contribution >= 0.6 is 11.3 Å². The SMILES string of the molecule is CNC(CC1CCCCC1)c1ccc(C)s1. The van der Waals surface area contributed by atoms with Gasteiger partial charge in [-0.25, -0.2) is 0 Å². The van der Waals surface area contributed by atoms with E-state index in [1.165, 1.54) is 48.3 Å². The van der Waals surface area contributed by atoms with Gasteiger partial charge in [0.1, 0.15) is 0 Å². The Morgan fingerprint density at radius 1 is 1.31 bits per heavy atom. The summed E-state index contributed by atoms with van der Waals surface area (Å²) in [4.78, 5) is 2.95. The number of aryl methyl sites for hydroxylation is 1. The minimum Gasteiger partial charge on any atom is -0.312 e. The van der Waals surface area contributed by atoms with Crippen molar-refractivity contribution in [3.05, 3.63) is 21.9 Å². The molecule has 1 aromatic rings. The average molecular weight is 237 g/mol. The maximum atomic E-state index is 3.49. The number of hydrogen-bond acceptors (Lipinski definition) is 2. The van der Waals surface area contributed by atoms with Gasteiger partial charge in [-0.1, -0.05) is 32.1 Å². The Bertz CT molecular complexity index is 312. The van der Waals surface area contributed by atoms with Crippen molar-refractivity contribution in [1.29, 1.82) is 0 Å². The fourth-order valence-electron chi connectivity index (χ4n) is 2.77. The van der Waals surface area contributed by atoms with Gasteiger partial charge in [-0.3, -0.25) is 0 Å². The van der Waals surface area contributed by atoms with E-state index in [4.69, 9.17) is 0 Å². The summed E-state index contributed by atoms with van der Waals surface area (Å²) in [5, 5.41) is 3.49. The van der Waals surface area contributed by atoms with Crippen molar-refractivity contribution in [1.82, 2.24) is 5.32 Å². The topological polar surface area (TPSA) is 12.0 Å². The van der Waals surface area contributed by atoms with Gasteiger partial charge in [0.15, 0.2) is 0 Å². The first kappa shape index (κ1) is 12.1. The minimum atomic E-state index is 0.585. The van der Waals surface area contributed by atoms with Gasteiger partial charge in [-0.2, -0.15) is 0 Å². The van der Waals surface area contributed by atoms with Crippen LogP contribution in [0.4, 0.5) is 0 Å². The van der Waals surface area contributed by atoms with E-state index in [9.17, 15) is 0 Å². The molecule has 1 unspecified atom stereocenters. The summed E-state index contributed by atoms with van der Waals surface area (Å²) < 4.78 is 0. The van der Waals surface area contributed by atoms with Crippen molar-refractivity contribution in [3.8, 4) is 0 Å². The monoisotopic (exact) mass is 237 g/mol. The molecule has 16 heavy (non-hydrogen) atoms. The minimum absolute atomic E-state index is 0.585. The molecule has 0 aromatic carbocycles. The number of nitrogens with one attached hydrogen (secondary N) is 1. The van der Waals surface area contributed by atoms with Crippen molar-refractivity contribution >= 4 is 11.3 Å². The van der Waals surface area contributed by atoms with E-state index in [0.717, 1.165) is 5.92 Å². The zero-order chi connectivity index (χ0) is 11.4. The van der Waals surface area contributed by atoms with Crippen LogP contribution in [0.5, 0.6) is 0 Å². The molecule has 2 rings (SSSR count). The predicted molar refractivity (Wildman–Crippen MR) is 72.0 cm³/mol. The summed E-state index contributed by atoms with van der Waals surface area (Å²) in [7, 11) is 2.10. The molecule has 0 aliphatic heterocycles. The molecule has 2 heteroatoms. The molecule has 0 radical (unpaired) electrons. The molecule has 0 spiro atoms. The van der Waals surface area contributed by atoms with Gasteiger partial charge in [0.05, 0.1) is 0 Å². The Labute approximate surface area is 103 Å². The molecule has 1 aromatic heterocycles. The van der Waals surface area contributed by atoms with Gasteiger partial charge in [-0.05, 0) is 38.4 Å². The van der Waals surface area contributed by atoms with E-state index in [2.05, 4.69) is 31.4 Å². The average Bonchev–Trinajstić information content (AvgIpc) is 2.74. The number of hydrogen-bond donors (Lipinski definition) is 1. The molecule has 0 amide bonds. The maximum absolute atomic E-state index is 3.49. The maximum Gasteiger partial charge on any atom is 0.0415 e. The lowest BCUT2D eigenvalue weighted by atomic mass is 9.84. The molecule has 1 nitrogen and oxygen atoms in total. The molecule has 0 bridgehead atoms. The zero-order valence-electron chi connectivity index (χ0n) is 10.5. The van der Waals surface area contributed by atoms with Crippen LogP contribution in [0.15, 0.2) is 12.1 Å². The Morgan fingerprint density at radius 2 is 2.06 bits per heavy atom. The quantitative estimate of drug-likeness (QED) is 0.824. The molecule has 1 aliphatic rings. The molecule has 0 saturated heterocycles. The number of thiophene rings is 1. The second kappa shape index (κ2) is 5.83. The van der Waals surface area contributed by atoms with Crippen LogP contribution in [0.1, 0.15) is 54.3 Å². The first-order valence-corrected chi connectivity index (χ1v) is 7.35. The van der Waals surface area contributed by atoms with Crippen LogP contribution in [0.2, 0.25) is 0 Å². The molecule has 1 atom stereocenters. The van der Waals surface area contributed by atoms with E-state index < -0.39 is 0 Å². The van der Waals surface area contributed by atoms with Crippen molar-refractivity contribution in [2.24, 2.45) is 5.92 Å². The Balaban J connectivity index is 1.94. The van der Waals surface area contributed by atoms with E-state index in [0.29, 0.717) is 6.04 Å². The van der Waals surface area contributed by atoms with Crippen LogP contribution in [0, 0.1) is 12.8 Å². The van der Waals surface area contributed by atoms with Crippen molar-refractivity contribution in [2.75, 3.05) is 7.05 Å². The third-order valence-corrected chi connectivity index (χ3v) is 4.86. The van der Waals surface area contributed by atoms with Gasteiger partial charge >= 0.3 is 0 Å². The fourth-order valence-corrected chi connectivity index (χ4v) is 3.77. The molecular weight excluding hydrogens is 214 g/mol. The summed E-state index contributed by atoms with van der Waals surface area (Å²) >= 11 is 1.95. The number of rotatable bonds is 4. The fraction of sp³-hybridized carbons (Fsp3) is 0.714. The van der Waals surface area contributed by atoms with Crippen LogP contribution in [0.25, 0.3) is 0 Å². The third-order valence-electron chi connectivity index (χ3n) is 3.75. The highest BCUT2D eigenvalue weighted by atomic mass is 32.1.